The molecule has 12 heteroatoms. The Balaban J connectivity index is 1.65. The zero-order chi connectivity index (χ0) is 32.2. The van der Waals surface area contributed by atoms with E-state index in [-0.39, 0.29) is 48.6 Å². The highest BCUT2D eigenvalue weighted by Crippen LogP contribution is 2.17. The molecular formula is C32H30N4O8. The number of amides is 2. The van der Waals surface area contributed by atoms with Gasteiger partial charge in [0.1, 0.15) is 0 Å². The minimum absolute atomic E-state index is 0.112. The molecule has 0 fully saturated rings. The quantitative estimate of drug-likeness (QED) is 0.221. The van der Waals surface area contributed by atoms with Crippen molar-refractivity contribution < 1.29 is 38.9 Å². The maximum atomic E-state index is 12.3. The Morgan fingerprint density at radius 2 is 1.07 bits per heavy atom. The zero-order valence-corrected chi connectivity index (χ0v) is 24.0. The highest BCUT2D eigenvalue weighted by molar-refractivity contribution is 5.96. The van der Waals surface area contributed by atoms with Gasteiger partial charge in [-0.25, -0.2) is 19.2 Å². The summed E-state index contributed by atoms with van der Waals surface area (Å²) in [5.74, 6) is 7.43. The molecule has 226 valence electrons. The molecule has 2 amide bonds. The Hall–Kier alpha value is -6.14. The summed E-state index contributed by atoms with van der Waals surface area (Å²) in [6.07, 6.45) is -1.35. The number of nitrogens with zero attached hydrogens (tertiary/aromatic N) is 2. The van der Waals surface area contributed by atoms with Crippen molar-refractivity contribution in [2.45, 2.75) is 13.1 Å². The SMILES string of the molecule is CN(Cc1cccc(N)c1)C(=O)OCC#Cc1cc(C(=O)O)c(C#CCOC(=O)N(C)Cc2cccc(N)c2)cc1C(=O)O. The van der Waals surface area contributed by atoms with E-state index in [0.717, 1.165) is 23.3 Å². The number of carbonyl (C=O) groups is 4. The lowest BCUT2D eigenvalue weighted by Crippen LogP contribution is -2.27. The van der Waals surface area contributed by atoms with E-state index in [1.165, 1.54) is 23.9 Å². The first kappa shape index (κ1) is 32.4. The molecule has 0 saturated carbocycles. The summed E-state index contributed by atoms with van der Waals surface area (Å²) < 4.78 is 10.2. The van der Waals surface area contributed by atoms with Crippen molar-refractivity contribution in [3.05, 3.63) is 94.0 Å². The summed E-state index contributed by atoms with van der Waals surface area (Å²) in [6.45, 7) is -0.269. The third kappa shape index (κ3) is 9.46. The Morgan fingerprint density at radius 3 is 1.41 bits per heavy atom. The average Bonchev–Trinajstić information content (AvgIpc) is 2.97. The zero-order valence-electron chi connectivity index (χ0n) is 24.0. The smallest absolute Gasteiger partial charge is 0.410 e. The Morgan fingerprint density at radius 1 is 0.682 bits per heavy atom. The molecule has 0 aliphatic rings. The van der Waals surface area contributed by atoms with Gasteiger partial charge in [0.25, 0.3) is 0 Å². The number of nitrogens with two attached hydrogens (primary N) is 2. The van der Waals surface area contributed by atoms with E-state index >= 15 is 0 Å². The summed E-state index contributed by atoms with van der Waals surface area (Å²) in [7, 11) is 3.06. The van der Waals surface area contributed by atoms with Crippen LogP contribution in [0.2, 0.25) is 0 Å². The molecule has 0 aliphatic heterocycles. The van der Waals surface area contributed by atoms with Crippen LogP contribution in [-0.2, 0) is 22.6 Å². The second kappa shape index (κ2) is 15.2. The molecule has 3 aromatic carbocycles. The number of nitrogen functional groups attached to an aromatic ring is 2. The standard InChI is InChI=1S/C32H30N4O8/c1-35(19-21-7-3-11-25(33)15-21)31(41)43-13-5-9-23-17-28(30(39)40)24(18-27(23)29(37)38)10-6-14-44-32(42)36(2)20-22-8-4-12-26(34)16-22/h3-4,7-8,11-12,15-18H,13-14,19-20,33-34H2,1-2H3,(H,37,38)(H,39,40). The van der Waals surface area contributed by atoms with Gasteiger partial charge >= 0.3 is 24.1 Å². The van der Waals surface area contributed by atoms with Crippen molar-refractivity contribution in [1.29, 1.82) is 0 Å². The number of benzene rings is 3. The van der Waals surface area contributed by atoms with Crippen molar-refractivity contribution in [2.75, 3.05) is 38.8 Å². The number of rotatable bonds is 8. The topological polar surface area (TPSA) is 186 Å². The number of carboxylic acid groups (broad SMARTS) is 2. The number of anilines is 2. The molecular weight excluding hydrogens is 568 g/mol. The summed E-state index contributed by atoms with van der Waals surface area (Å²) in [6, 6.07) is 16.2. The maximum Gasteiger partial charge on any atom is 0.410 e. The van der Waals surface area contributed by atoms with Gasteiger partial charge in [-0.1, -0.05) is 47.9 Å². The number of ether oxygens (including phenoxy) is 2. The van der Waals surface area contributed by atoms with E-state index in [4.69, 9.17) is 20.9 Å². The van der Waals surface area contributed by atoms with Crippen molar-refractivity contribution >= 4 is 35.5 Å². The van der Waals surface area contributed by atoms with Gasteiger partial charge in [0, 0.05) is 49.7 Å². The lowest BCUT2D eigenvalue weighted by Gasteiger charge is -2.16. The Bertz CT molecular complexity index is 1570. The lowest BCUT2D eigenvalue weighted by atomic mass is 9.98. The molecule has 0 bridgehead atoms. The van der Waals surface area contributed by atoms with Gasteiger partial charge in [-0.15, -0.1) is 0 Å². The van der Waals surface area contributed by atoms with Crippen LogP contribution in [0.4, 0.5) is 21.0 Å². The fraction of sp³-hybridized carbons (Fsp3) is 0.188. The number of aromatic carboxylic acids is 2. The van der Waals surface area contributed by atoms with Crippen LogP contribution in [0.3, 0.4) is 0 Å². The minimum atomic E-state index is -1.37. The summed E-state index contributed by atoms with van der Waals surface area (Å²) >= 11 is 0. The van der Waals surface area contributed by atoms with Gasteiger partial charge < -0.3 is 41.0 Å². The number of hydrogen-bond donors (Lipinski definition) is 4. The first-order valence-corrected chi connectivity index (χ1v) is 13.0. The van der Waals surface area contributed by atoms with Crippen LogP contribution in [0.1, 0.15) is 43.0 Å². The van der Waals surface area contributed by atoms with E-state index < -0.39 is 24.1 Å². The molecule has 3 aromatic rings. The van der Waals surface area contributed by atoms with Crippen molar-refractivity contribution in [1.82, 2.24) is 9.80 Å². The highest BCUT2D eigenvalue weighted by Gasteiger charge is 2.17. The van der Waals surface area contributed by atoms with E-state index in [9.17, 15) is 29.4 Å². The predicted octanol–water partition coefficient (Wildman–Crippen LogP) is 3.49. The van der Waals surface area contributed by atoms with Gasteiger partial charge in [0.15, 0.2) is 13.2 Å². The third-order valence-corrected chi connectivity index (χ3v) is 5.97. The molecule has 12 nitrogen and oxygen atoms in total. The summed E-state index contributed by atoms with van der Waals surface area (Å²) in [5.41, 5.74) is 13.4. The highest BCUT2D eigenvalue weighted by atomic mass is 16.6. The van der Waals surface area contributed by atoms with Crippen LogP contribution < -0.4 is 11.5 Å². The van der Waals surface area contributed by atoms with Gasteiger partial charge in [0.2, 0.25) is 0 Å². The lowest BCUT2D eigenvalue weighted by molar-refractivity contribution is 0.0680. The van der Waals surface area contributed by atoms with E-state index in [2.05, 4.69) is 23.7 Å². The van der Waals surface area contributed by atoms with Gasteiger partial charge in [-0.2, -0.15) is 0 Å². The molecule has 0 atom stereocenters. The molecule has 0 aromatic heterocycles. The molecule has 0 saturated heterocycles. The molecule has 0 aliphatic carbocycles. The largest absolute Gasteiger partial charge is 0.478 e. The molecule has 0 spiro atoms. The molecule has 3 rings (SSSR count). The van der Waals surface area contributed by atoms with E-state index in [1.807, 2.05) is 0 Å². The monoisotopic (exact) mass is 598 g/mol. The molecule has 44 heavy (non-hydrogen) atoms. The van der Waals surface area contributed by atoms with E-state index in [1.54, 1.807) is 48.5 Å². The first-order valence-electron chi connectivity index (χ1n) is 13.0. The molecule has 6 N–H and O–H groups in total. The third-order valence-electron chi connectivity index (χ3n) is 5.97. The Kier molecular flexibility index (Phi) is 11.2. The predicted molar refractivity (Wildman–Crippen MR) is 161 cm³/mol. The van der Waals surface area contributed by atoms with Crippen LogP contribution in [0.5, 0.6) is 0 Å². The first-order chi connectivity index (χ1) is 20.9. The molecule has 0 heterocycles. The van der Waals surface area contributed by atoms with Crippen LogP contribution in [-0.4, -0.2) is 71.4 Å². The normalized spacial score (nSPS) is 9.86. The molecule has 0 radical (unpaired) electrons. The van der Waals surface area contributed by atoms with Gasteiger partial charge in [-0.05, 0) is 47.5 Å². The summed E-state index contributed by atoms with van der Waals surface area (Å²) in [4.78, 5) is 51.0. The number of carboxylic acids is 2. The van der Waals surface area contributed by atoms with Gasteiger partial charge in [-0.3, -0.25) is 0 Å². The second-order valence-electron chi connectivity index (χ2n) is 9.47. The fourth-order valence-electron chi connectivity index (χ4n) is 3.90. The second-order valence-corrected chi connectivity index (χ2v) is 9.47. The van der Waals surface area contributed by atoms with Crippen molar-refractivity contribution in [3.63, 3.8) is 0 Å². The van der Waals surface area contributed by atoms with Gasteiger partial charge in [0.05, 0.1) is 11.1 Å². The van der Waals surface area contributed by atoms with Crippen molar-refractivity contribution in [2.24, 2.45) is 0 Å². The van der Waals surface area contributed by atoms with E-state index in [0.29, 0.717) is 11.4 Å². The van der Waals surface area contributed by atoms with Crippen LogP contribution in [0.25, 0.3) is 0 Å². The number of hydrogen-bond acceptors (Lipinski definition) is 8. The fourth-order valence-corrected chi connectivity index (χ4v) is 3.90. The maximum absolute atomic E-state index is 12.3. The number of carbonyl (C=O) groups excluding carboxylic acids is 2. The van der Waals surface area contributed by atoms with Crippen LogP contribution in [0.15, 0.2) is 60.7 Å². The minimum Gasteiger partial charge on any atom is -0.478 e. The Labute approximate surface area is 253 Å². The average molecular weight is 599 g/mol. The van der Waals surface area contributed by atoms with Crippen molar-refractivity contribution in [3.8, 4) is 23.7 Å². The summed E-state index contributed by atoms with van der Waals surface area (Å²) in [5, 5.41) is 19.4. The molecule has 0 unspecified atom stereocenters. The van der Waals surface area contributed by atoms with Crippen LogP contribution in [0, 0.1) is 23.7 Å². The van der Waals surface area contributed by atoms with Crippen LogP contribution >= 0.6 is 0 Å².